The quantitative estimate of drug-likeness (QED) is 0.598. The summed E-state index contributed by atoms with van der Waals surface area (Å²) in [6.07, 6.45) is 6.43. The summed E-state index contributed by atoms with van der Waals surface area (Å²) in [7, 11) is 4.02. The van der Waals surface area contributed by atoms with Crippen molar-refractivity contribution in [1.29, 1.82) is 0 Å². The SMILES string of the molecule is Cc1cc(C(=O)C[n+]2ccc(N(C)C)cc2)c(C)n1C[C@@H]1CCCO1. The van der Waals surface area contributed by atoms with Crippen LogP contribution in [0.5, 0.6) is 0 Å². The second-order valence-corrected chi connectivity index (χ2v) is 7.08. The van der Waals surface area contributed by atoms with Gasteiger partial charge in [-0.3, -0.25) is 4.79 Å². The van der Waals surface area contributed by atoms with Crippen molar-refractivity contribution in [3.63, 3.8) is 0 Å². The van der Waals surface area contributed by atoms with Crippen molar-refractivity contribution in [2.45, 2.75) is 45.9 Å². The van der Waals surface area contributed by atoms with Gasteiger partial charge in [0.25, 0.3) is 0 Å². The Morgan fingerprint density at radius 1 is 1.32 bits per heavy atom. The van der Waals surface area contributed by atoms with Crippen LogP contribution in [-0.4, -0.2) is 37.2 Å². The number of rotatable bonds is 6. The summed E-state index contributed by atoms with van der Waals surface area (Å²) >= 11 is 0. The molecule has 0 bridgehead atoms. The molecule has 1 aliphatic heterocycles. The Labute approximate surface area is 149 Å². The number of nitrogens with zero attached hydrogens (tertiary/aromatic N) is 3. The maximum Gasteiger partial charge on any atom is 0.229 e. The lowest BCUT2D eigenvalue weighted by Gasteiger charge is -2.14. The lowest BCUT2D eigenvalue weighted by molar-refractivity contribution is -0.683. The standard InChI is InChI=1S/C20H28N3O2/c1-15-12-19(16(2)23(15)13-18-6-5-11-25-18)20(24)14-22-9-7-17(8-10-22)21(3)4/h7-10,12,18H,5-6,11,13-14H2,1-4H3/q+1/t18-/m0/s1. The normalized spacial score (nSPS) is 17.0. The minimum atomic E-state index is 0.147. The molecule has 1 atom stereocenters. The van der Waals surface area contributed by atoms with E-state index in [0.29, 0.717) is 6.54 Å². The van der Waals surface area contributed by atoms with Crippen molar-refractivity contribution in [3.8, 4) is 0 Å². The van der Waals surface area contributed by atoms with E-state index in [9.17, 15) is 4.79 Å². The molecule has 2 aromatic heterocycles. The van der Waals surface area contributed by atoms with E-state index in [2.05, 4.69) is 11.5 Å². The summed E-state index contributed by atoms with van der Waals surface area (Å²) in [5, 5.41) is 0. The first-order valence-corrected chi connectivity index (χ1v) is 8.93. The molecule has 3 rings (SSSR count). The van der Waals surface area contributed by atoms with Crippen LogP contribution in [0.15, 0.2) is 30.6 Å². The van der Waals surface area contributed by atoms with Crippen LogP contribution >= 0.6 is 0 Å². The smallest absolute Gasteiger partial charge is 0.229 e. The zero-order valence-corrected chi connectivity index (χ0v) is 15.7. The van der Waals surface area contributed by atoms with E-state index >= 15 is 0 Å². The second kappa shape index (κ2) is 7.40. The first-order valence-electron chi connectivity index (χ1n) is 8.93. The average molecular weight is 342 g/mol. The van der Waals surface area contributed by atoms with Crippen molar-refractivity contribution in [2.24, 2.45) is 0 Å². The van der Waals surface area contributed by atoms with Crippen LogP contribution in [0.4, 0.5) is 5.69 Å². The highest BCUT2D eigenvalue weighted by Crippen LogP contribution is 2.20. The maximum atomic E-state index is 12.8. The summed E-state index contributed by atoms with van der Waals surface area (Å²) in [6, 6.07) is 6.06. The molecule has 1 aliphatic rings. The molecule has 0 radical (unpaired) electrons. The molecule has 0 spiro atoms. The van der Waals surface area contributed by atoms with Crippen LogP contribution in [0.2, 0.25) is 0 Å². The zero-order valence-electron chi connectivity index (χ0n) is 15.7. The van der Waals surface area contributed by atoms with Crippen LogP contribution in [0.3, 0.4) is 0 Å². The van der Waals surface area contributed by atoms with Crippen molar-refractivity contribution in [1.82, 2.24) is 4.57 Å². The molecular weight excluding hydrogens is 314 g/mol. The Morgan fingerprint density at radius 3 is 2.64 bits per heavy atom. The van der Waals surface area contributed by atoms with Gasteiger partial charge < -0.3 is 14.2 Å². The number of hydrogen-bond donors (Lipinski definition) is 0. The number of carbonyl (C=O) groups is 1. The Kier molecular flexibility index (Phi) is 5.23. The molecule has 0 aromatic carbocycles. The lowest BCUT2D eigenvalue weighted by Crippen LogP contribution is -2.37. The van der Waals surface area contributed by atoms with Crippen molar-refractivity contribution < 1.29 is 14.1 Å². The number of anilines is 1. The number of ether oxygens (including phenoxy) is 1. The van der Waals surface area contributed by atoms with Crippen molar-refractivity contribution >= 4 is 11.5 Å². The summed E-state index contributed by atoms with van der Waals surface area (Å²) in [6.45, 7) is 6.16. The highest BCUT2D eigenvalue weighted by molar-refractivity contribution is 5.96. The van der Waals surface area contributed by atoms with Crippen LogP contribution < -0.4 is 9.47 Å². The molecule has 134 valence electrons. The molecule has 2 aromatic rings. The van der Waals surface area contributed by atoms with E-state index in [1.807, 2.05) is 61.1 Å². The molecule has 0 amide bonds. The van der Waals surface area contributed by atoms with Gasteiger partial charge in [-0.25, -0.2) is 0 Å². The van der Waals surface area contributed by atoms with Crippen LogP contribution in [0.25, 0.3) is 0 Å². The van der Waals surface area contributed by atoms with E-state index in [4.69, 9.17) is 4.74 Å². The Hall–Kier alpha value is -2.14. The minimum Gasteiger partial charge on any atom is -0.377 e. The van der Waals surface area contributed by atoms with E-state index in [0.717, 1.165) is 48.6 Å². The third-order valence-electron chi connectivity index (χ3n) is 5.00. The number of ketones is 1. The zero-order chi connectivity index (χ0) is 18.0. The van der Waals surface area contributed by atoms with Gasteiger partial charge in [0.1, 0.15) is 0 Å². The number of Topliss-reactive ketones (excluding diaryl/α,β-unsaturated/α-hetero) is 1. The molecule has 5 heteroatoms. The molecular formula is C20H28N3O2+. The summed E-state index contributed by atoms with van der Waals surface area (Å²) in [5.74, 6) is 0.147. The molecule has 0 N–H and O–H groups in total. The largest absolute Gasteiger partial charge is 0.377 e. The van der Waals surface area contributed by atoms with Crippen LogP contribution in [-0.2, 0) is 17.8 Å². The summed E-state index contributed by atoms with van der Waals surface area (Å²) < 4.78 is 9.91. The fourth-order valence-electron chi connectivity index (χ4n) is 3.46. The van der Waals surface area contributed by atoms with Gasteiger partial charge in [0.05, 0.1) is 6.10 Å². The molecule has 0 unspecified atom stereocenters. The van der Waals surface area contributed by atoms with Gasteiger partial charge in [0.15, 0.2) is 12.4 Å². The van der Waals surface area contributed by atoms with Crippen molar-refractivity contribution in [2.75, 3.05) is 25.6 Å². The second-order valence-electron chi connectivity index (χ2n) is 7.08. The van der Waals surface area contributed by atoms with Gasteiger partial charge in [-0.15, -0.1) is 0 Å². The van der Waals surface area contributed by atoms with Gasteiger partial charge in [0, 0.05) is 62.0 Å². The minimum absolute atomic E-state index is 0.147. The van der Waals surface area contributed by atoms with Crippen molar-refractivity contribution in [3.05, 3.63) is 47.5 Å². The van der Waals surface area contributed by atoms with E-state index in [-0.39, 0.29) is 11.9 Å². The topological polar surface area (TPSA) is 38.3 Å². The fourth-order valence-corrected chi connectivity index (χ4v) is 3.46. The molecule has 1 saturated heterocycles. The third kappa shape index (κ3) is 3.93. The molecule has 5 nitrogen and oxygen atoms in total. The molecule has 0 saturated carbocycles. The fraction of sp³-hybridized carbons (Fsp3) is 0.500. The third-order valence-corrected chi connectivity index (χ3v) is 5.00. The predicted octanol–water partition coefficient (Wildman–Crippen LogP) is 2.52. The first kappa shape index (κ1) is 17.7. The van der Waals surface area contributed by atoms with Gasteiger partial charge in [-0.1, -0.05) is 0 Å². The highest BCUT2D eigenvalue weighted by atomic mass is 16.5. The van der Waals surface area contributed by atoms with Gasteiger partial charge in [0.2, 0.25) is 12.3 Å². The van der Waals surface area contributed by atoms with Gasteiger partial charge in [-0.05, 0) is 32.8 Å². The molecule has 0 aliphatic carbocycles. The van der Waals surface area contributed by atoms with Gasteiger partial charge in [-0.2, -0.15) is 4.57 Å². The molecule has 25 heavy (non-hydrogen) atoms. The Bertz CT molecular complexity index is 741. The number of aromatic nitrogens is 2. The number of carbonyl (C=O) groups excluding carboxylic acids is 1. The number of hydrogen-bond acceptors (Lipinski definition) is 3. The lowest BCUT2D eigenvalue weighted by atomic mass is 10.1. The number of pyridine rings is 1. The Morgan fingerprint density at radius 2 is 2.04 bits per heavy atom. The average Bonchev–Trinajstić information content (AvgIpc) is 3.19. The molecule has 3 heterocycles. The maximum absolute atomic E-state index is 12.8. The van der Waals surface area contributed by atoms with Crippen LogP contribution in [0.1, 0.15) is 34.6 Å². The van der Waals surface area contributed by atoms with E-state index in [1.165, 1.54) is 0 Å². The Balaban J connectivity index is 1.73. The van der Waals surface area contributed by atoms with Gasteiger partial charge >= 0.3 is 0 Å². The molecule has 1 fully saturated rings. The highest BCUT2D eigenvalue weighted by Gasteiger charge is 2.22. The summed E-state index contributed by atoms with van der Waals surface area (Å²) in [5.41, 5.74) is 4.12. The summed E-state index contributed by atoms with van der Waals surface area (Å²) in [4.78, 5) is 14.8. The first-order chi connectivity index (χ1) is 12.0. The van der Waals surface area contributed by atoms with E-state index in [1.54, 1.807) is 0 Å². The number of aryl methyl sites for hydroxylation is 1. The monoisotopic (exact) mass is 342 g/mol. The van der Waals surface area contributed by atoms with Crippen LogP contribution in [0, 0.1) is 13.8 Å². The van der Waals surface area contributed by atoms with E-state index < -0.39 is 0 Å². The predicted molar refractivity (Wildman–Crippen MR) is 98.2 cm³/mol.